The van der Waals surface area contributed by atoms with Crippen LogP contribution in [0.15, 0.2) is 0 Å². The number of amides is 1. The largest absolute Gasteiger partial charge is 0.481 e. The van der Waals surface area contributed by atoms with Crippen LogP contribution in [0.5, 0.6) is 0 Å². The predicted molar refractivity (Wildman–Crippen MR) is 71.8 cm³/mol. The zero-order valence-corrected chi connectivity index (χ0v) is 11.4. The van der Waals surface area contributed by atoms with E-state index in [9.17, 15) is 9.59 Å². The van der Waals surface area contributed by atoms with E-state index < -0.39 is 5.97 Å². The summed E-state index contributed by atoms with van der Waals surface area (Å²) in [5, 5.41) is 12.1. The number of hydrogen-bond acceptors (Lipinski definition) is 3. The third-order valence-electron chi connectivity index (χ3n) is 4.29. The monoisotopic (exact) mass is 268 g/mol. The molecule has 108 valence electrons. The number of likely N-dealkylation sites (tertiary alicyclic amines) is 1. The van der Waals surface area contributed by atoms with Crippen molar-refractivity contribution in [2.75, 3.05) is 26.2 Å². The molecular formula is C14H24N2O3. The fraction of sp³-hybridized carbons (Fsp3) is 0.857. The Morgan fingerprint density at radius 1 is 1.11 bits per heavy atom. The minimum atomic E-state index is -0.724. The number of carboxylic acids is 1. The maximum absolute atomic E-state index is 12.2. The summed E-state index contributed by atoms with van der Waals surface area (Å²) in [6.07, 6.45) is 4.87. The molecular weight excluding hydrogens is 244 g/mol. The van der Waals surface area contributed by atoms with Crippen LogP contribution in [-0.2, 0) is 9.59 Å². The molecule has 1 amide bonds. The first kappa shape index (κ1) is 14.3. The van der Waals surface area contributed by atoms with E-state index in [1.807, 2.05) is 4.90 Å². The zero-order valence-electron chi connectivity index (χ0n) is 11.4. The summed E-state index contributed by atoms with van der Waals surface area (Å²) in [6, 6.07) is 0. The van der Waals surface area contributed by atoms with Crippen molar-refractivity contribution in [3.8, 4) is 0 Å². The number of piperidine rings is 2. The number of carboxylic acid groups (broad SMARTS) is 1. The summed E-state index contributed by atoms with van der Waals surface area (Å²) in [6.45, 7) is 3.50. The molecule has 1 atom stereocenters. The van der Waals surface area contributed by atoms with Gasteiger partial charge in [-0.05, 0) is 50.6 Å². The lowest BCUT2D eigenvalue weighted by Crippen LogP contribution is -2.41. The molecule has 2 aliphatic heterocycles. The number of aliphatic carboxylic acids is 1. The second-order valence-corrected chi connectivity index (χ2v) is 5.84. The molecule has 0 aromatic rings. The molecule has 2 heterocycles. The highest BCUT2D eigenvalue weighted by Crippen LogP contribution is 2.22. The van der Waals surface area contributed by atoms with Gasteiger partial charge >= 0.3 is 5.97 Å². The van der Waals surface area contributed by atoms with Gasteiger partial charge in [-0.15, -0.1) is 0 Å². The molecule has 1 unspecified atom stereocenters. The zero-order chi connectivity index (χ0) is 13.7. The summed E-state index contributed by atoms with van der Waals surface area (Å²) >= 11 is 0. The Morgan fingerprint density at radius 3 is 2.42 bits per heavy atom. The van der Waals surface area contributed by atoms with Gasteiger partial charge in [0.2, 0.25) is 5.91 Å². The molecule has 0 saturated carbocycles. The fourth-order valence-electron chi connectivity index (χ4n) is 3.11. The Morgan fingerprint density at radius 2 is 1.84 bits per heavy atom. The number of nitrogens with zero attached hydrogens (tertiary/aromatic N) is 1. The van der Waals surface area contributed by atoms with E-state index >= 15 is 0 Å². The number of nitrogens with one attached hydrogen (secondary N) is 1. The standard InChI is InChI=1S/C14H24N2O3/c17-13(8-12-2-1-5-15-10-12)16-6-3-11(4-7-16)9-14(18)19/h11-12,15H,1-10H2,(H,18,19). The van der Waals surface area contributed by atoms with E-state index in [-0.39, 0.29) is 18.2 Å². The van der Waals surface area contributed by atoms with Gasteiger partial charge in [0.15, 0.2) is 0 Å². The average molecular weight is 268 g/mol. The molecule has 0 bridgehead atoms. The molecule has 0 aromatic heterocycles. The molecule has 2 fully saturated rings. The van der Waals surface area contributed by atoms with Crippen molar-refractivity contribution in [3.05, 3.63) is 0 Å². The van der Waals surface area contributed by atoms with Crippen molar-refractivity contribution in [2.45, 2.75) is 38.5 Å². The Bertz CT molecular complexity index is 319. The molecule has 0 aliphatic carbocycles. The van der Waals surface area contributed by atoms with E-state index in [1.54, 1.807) is 0 Å². The van der Waals surface area contributed by atoms with Crippen LogP contribution in [0.3, 0.4) is 0 Å². The van der Waals surface area contributed by atoms with Crippen LogP contribution in [0.2, 0.25) is 0 Å². The topological polar surface area (TPSA) is 69.6 Å². The number of carbonyl (C=O) groups excluding carboxylic acids is 1. The predicted octanol–water partition coefficient (Wildman–Crippen LogP) is 1.09. The smallest absolute Gasteiger partial charge is 0.303 e. The summed E-state index contributed by atoms with van der Waals surface area (Å²) < 4.78 is 0. The molecule has 2 rings (SSSR count). The lowest BCUT2D eigenvalue weighted by atomic mass is 9.92. The molecule has 0 aromatic carbocycles. The van der Waals surface area contributed by atoms with Gasteiger partial charge in [0.05, 0.1) is 0 Å². The molecule has 5 heteroatoms. The van der Waals surface area contributed by atoms with Crippen molar-refractivity contribution in [1.82, 2.24) is 10.2 Å². The lowest BCUT2D eigenvalue weighted by molar-refractivity contribution is -0.138. The van der Waals surface area contributed by atoms with Gasteiger partial charge in [0.25, 0.3) is 0 Å². The minimum Gasteiger partial charge on any atom is -0.481 e. The van der Waals surface area contributed by atoms with Crippen LogP contribution < -0.4 is 5.32 Å². The number of carbonyl (C=O) groups is 2. The van der Waals surface area contributed by atoms with Gasteiger partial charge in [0, 0.05) is 25.9 Å². The summed E-state index contributed by atoms with van der Waals surface area (Å²) in [5.41, 5.74) is 0. The maximum atomic E-state index is 12.2. The van der Waals surface area contributed by atoms with E-state index in [2.05, 4.69) is 5.32 Å². The summed E-state index contributed by atoms with van der Waals surface area (Å²) in [7, 11) is 0. The normalized spacial score (nSPS) is 25.3. The van der Waals surface area contributed by atoms with Gasteiger partial charge in [-0.3, -0.25) is 9.59 Å². The van der Waals surface area contributed by atoms with Gasteiger partial charge in [-0.25, -0.2) is 0 Å². The van der Waals surface area contributed by atoms with Crippen molar-refractivity contribution >= 4 is 11.9 Å². The van der Waals surface area contributed by atoms with Gasteiger partial charge in [-0.1, -0.05) is 0 Å². The number of rotatable bonds is 4. The van der Waals surface area contributed by atoms with Crippen molar-refractivity contribution in [1.29, 1.82) is 0 Å². The Labute approximate surface area is 114 Å². The molecule has 5 nitrogen and oxygen atoms in total. The molecule has 2 aliphatic rings. The van der Waals surface area contributed by atoms with E-state index in [4.69, 9.17) is 5.11 Å². The second kappa shape index (κ2) is 6.89. The molecule has 2 saturated heterocycles. The third kappa shape index (κ3) is 4.49. The van der Waals surface area contributed by atoms with Crippen molar-refractivity contribution in [2.24, 2.45) is 11.8 Å². The Hall–Kier alpha value is -1.10. The van der Waals surface area contributed by atoms with Crippen molar-refractivity contribution in [3.63, 3.8) is 0 Å². The highest BCUT2D eigenvalue weighted by atomic mass is 16.4. The fourth-order valence-corrected chi connectivity index (χ4v) is 3.11. The van der Waals surface area contributed by atoms with Gasteiger partial charge < -0.3 is 15.3 Å². The van der Waals surface area contributed by atoms with E-state index in [0.29, 0.717) is 12.3 Å². The highest BCUT2D eigenvalue weighted by Gasteiger charge is 2.26. The van der Waals surface area contributed by atoms with Gasteiger partial charge in [-0.2, -0.15) is 0 Å². The number of hydrogen-bond donors (Lipinski definition) is 2. The first-order valence-electron chi connectivity index (χ1n) is 7.35. The average Bonchev–Trinajstić information content (AvgIpc) is 2.40. The van der Waals surface area contributed by atoms with Crippen LogP contribution in [0.25, 0.3) is 0 Å². The van der Waals surface area contributed by atoms with Crippen LogP contribution in [0.4, 0.5) is 0 Å². The third-order valence-corrected chi connectivity index (χ3v) is 4.29. The summed E-state index contributed by atoms with van der Waals surface area (Å²) in [5.74, 6) is 0.261. The molecule has 0 spiro atoms. The first-order valence-corrected chi connectivity index (χ1v) is 7.35. The Balaban J connectivity index is 1.71. The van der Waals surface area contributed by atoms with Crippen LogP contribution >= 0.6 is 0 Å². The van der Waals surface area contributed by atoms with Crippen LogP contribution in [0.1, 0.15) is 38.5 Å². The molecule has 2 N–H and O–H groups in total. The second-order valence-electron chi connectivity index (χ2n) is 5.84. The quantitative estimate of drug-likeness (QED) is 0.801. The SMILES string of the molecule is O=C(O)CC1CCN(C(=O)CC2CCCNC2)CC1. The lowest BCUT2D eigenvalue weighted by Gasteiger charge is -2.33. The van der Waals surface area contributed by atoms with Crippen LogP contribution in [0, 0.1) is 11.8 Å². The Kier molecular flexibility index (Phi) is 5.19. The molecule has 19 heavy (non-hydrogen) atoms. The van der Waals surface area contributed by atoms with Crippen LogP contribution in [-0.4, -0.2) is 48.1 Å². The maximum Gasteiger partial charge on any atom is 0.303 e. The summed E-state index contributed by atoms with van der Waals surface area (Å²) in [4.78, 5) is 24.8. The highest BCUT2D eigenvalue weighted by molar-refractivity contribution is 5.76. The van der Waals surface area contributed by atoms with E-state index in [0.717, 1.165) is 45.4 Å². The molecule has 0 radical (unpaired) electrons. The van der Waals surface area contributed by atoms with E-state index in [1.165, 1.54) is 6.42 Å². The van der Waals surface area contributed by atoms with Crippen molar-refractivity contribution < 1.29 is 14.7 Å². The first-order chi connectivity index (χ1) is 9.15. The van der Waals surface area contributed by atoms with Gasteiger partial charge in [0.1, 0.15) is 0 Å². The minimum absolute atomic E-state index is 0.245.